The van der Waals surface area contributed by atoms with Crippen LogP contribution in [0.5, 0.6) is 0 Å². The van der Waals surface area contributed by atoms with Crippen LogP contribution in [0.15, 0.2) is 212 Å². The van der Waals surface area contributed by atoms with Gasteiger partial charge in [0, 0.05) is 22.1 Å². The van der Waals surface area contributed by atoms with E-state index in [1.165, 1.54) is 72.0 Å². The van der Waals surface area contributed by atoms with E-state index in [9.17, 15) is 0 Å². The Kier molecular flexibility index (Phi) is 10.1. The van der Waals surface area contributed by atoms with E-state index in [4.69, 9.17) is 15.0 Å². The fourth-order valence-electron chi connectivity index (χ4n) is 10.2. The van der Waals surface area contributed by atoms with Crippen molar-refractivity contribution in [2.75, 3.05) is 0 Å². The third-order valence-electron chi connectivity index (χ3n) is 14.0. The molecule has 0 atom stereocenters. The van der Waals surface area contributed by atoms with Crippen LogP contribution in [-0.2, 0) is 5.41 Å². The Balaban J connectivity index is 0.770. The van der Waals surface area contributed by atoms with Gasteiger partial charge in [0.15, 0.2) is 17.5 Å². The van der Waals surface area contributed by atoms with Crippen LogP contribution in [0.25, 0.3) is 114 Å². The second-order valence-corrected chi connectivity index (χ2v) is 18.5. The van der Waals surface area contributed by atoms with Crippen LogP contribution in [0.1, 0.15) is 42.5 Å². The maximum Gasteiger partial charge on any atom is 0.164 e. The van der Waals surface area contributed by atoms with Crippen LogP contribution in [0.2, 0.25) is 0 Å². The molecule has 2 aliphatic carbocycles. The van der Waals surface area contributed by atoms with E-state index in [1.54, 1.807) is 0 Å². The second kappa shape index (κ2) is 16.7. The largest absolute Gasteiger partial charge is 0.208 e. The molecule has 9 aromatic carbocycles. The summed E-state index contributed by atoms with van der Waals surface area (Å²) in [5, 5.41) is 4.72. The smallest absolute Gasteiger partial charge is 0.164 e. The average molecular weight is 870 g/mol. The van der Waals surface area contributed by atoms with E-state index in [0.29, 0.717) is 17.5 Å². The van der Waals surface area contributed by atoms with Crippen molar-refractivity contribution in [2.24, 2.45) is 0 Å². The number of aromatic nitrogens is 3. The molecule has 0 saturated carbocycles. The monoisotopic (exact) mass is 869 g/mol. The summed E-state index contributed by atoms with van der Waals surface area (Å²) >= 11 is 0. The Hall–Kier alpha value is -8.53. The van der Waals surface area contributed by atoms with Gasteiger partial charge in [-0.3, -0.25) is 0 Å². The number of hydrogen-bond donors (Lipinski definition) is 0. The van der Waals surface area contributed by atoms with Crippen LogP contribution in [0.3, 0.4) is 0 Å². The van der Waals surface area contributed by atoms with Gasteiger partial charge in [-0.25, -0.2) is 15.0 Å². The zero-order chi connectivity index (χ0) is 45.8. The van der Waals surface area contributed by atoms with Gasteiger partial charge in [-0.2, -0.15) is 0 Å². The van der Waals surface area contributed by atoms with Crippen LogP contribution in [0.4, 0.5) is 0 Å². The fourth-order valence-corrected chi connectivity index (χ4v) is 10.2. The quantitative estimate of drug-likeness (QED) is 0.160. The third-order valence-corrected chi connectivity index (χ3v) is 14.0. The standard InChI is InChI=1S/C65H47N3/c1-42-43-20-22-44(16-10-17-50-18-11-19-51(33-21-43)61(42)50)55-36-38-57-58-39-37-56(41-60(58)65(2,3)59(57)40-55)49-29-27-47(28-30-49)45-23-25-46(26-24-45)48-31-34-54(35-32-48)64-67-62(52-12-6-4-7-13-52)66-63(68-64)53-14-8-5-9-15-53/h4-15,17-41H,1,16H2,2-3H3/b17-10-,43-20+,44-22+. The molecule has 0 radical (unpaired) electrons. The molecule has 0 aliphatic heterocycles. The molecule has 3 nitrogen and oxygen atoms in total. The molecule has 0 N–H and O–H groups in total. The zero-order valence-electron chi connectivity index (χ0n) is 38.1. The molecular formula is C65H47N3. The summed E-state index contributed by atoms with van der Waals surface area (Å²) in [5.41, 5.74) is 19.0. The maximum absolute atomic E-state index is 4.91. The third kappa shape index (κ3) is 7.39. The van der Waals surface area contributed by atoms with Crippen LogP contribution in [0, 0.1) is 0 Å². The summed E-state index contributed by atoms with van der Waals surface area (Å²) in [6.45, 7) is 9.26. The number of allylic oxidation sites excluding steroid dienone is 3. The normalized spacial score (nSPS) is 15.1. The lowest BCUT2D eigenvalue weighted by Gasteiger charge is -2.23. The van der Waals surface area contributed by atoms with Gasteiger partial charge >= 0.3 is 0 Å². The van der Waals surface area contributed by atoms with Gasteiger partial charge in [-0.1, -0.05) is 233 Å². The van der Waals surface area contributed by atoms with E-state index >= 15 is 0 Å². The van der Waals surface area contributed by atoms with Crippen molar-refractivity contribution < 1.29 is 0 Å². The molecule has 2 bridgehead atoms. The molecule has 0 amide bonds. The highest BCUT2D eigenvalue weighted by atomic mass is 15.0. The SMILES string of the molecule is C=c1/c2ccc3cccc(c13)/C=C\C/C(c1ccc3c(c1)C(C)(C)c1cc(-c4ccc(-c5ccc(-c6ccc(-c7nc(-c8ccccc8)nc(-c8ccccc8)n7)cc6)cc5)cc4)ccc1-3)=C\C=2. The topological polar surface area (TPSA) is 38.7 Å². The summed E-state index contributed by atoms with van der Waals surface area (Å²) < 4.78 is 0. The zero-order valence-corrected chi connectivity index (χ0v) is 38.1. The first-order valence-corrected chi connectivity index (χ1v) is 23.4. The minimum Gasteiger partial charge on any atom is -0.208 e. The van der Waals surface area contributed by atoms with E-state index in [-0.39, 0.29) is 5.41 Å². The van der Waals surface area contributed by atoms with Crippen LogP contribution < -0.4 is 10.4 Å². The number of fused-ring (bicyclic) bond motifs is 4. The van der Waals surface area contributed by atoms with E-state index in [2.05, 4.69) is 184 Å². The minimum atomic E-state index is -0.149. The van der Waals surface area contributed by atoms with Gasteiger partial charge in [-0.05, 0) is 112 Å². The van der Waals surface area contributed by atoms with Crippen molar-refractivity contribution in [3.8, 4) is 78.7 Å². The summed E-state index contributed by atoms with van der Waals surface area (Å²) in [6, 6.07) is 71.5. The van der Waals surface area contributed by atoms with Crippen LogP contribution in [-0.4, -0.2) is 15.0 Å². The van der Waals surface area contributed by atoms with Crippen LogP contribution >= 0.6 is 0 Å². The highest BCUT2D eigenvalue weighted by Gasteiger charge is 2.36. The first kappa shape index (κ1) is 40.9. The summed E-state index contributed by atoms with van der Waals surface area (Å²) in [7, 11) is 0. The number of hydrogen-bond acceptors (Lipinski definition) is 3. The number of rotatable bonds is 7. The fraction of sp³-hybridized carbons (Fsp3) is 0.0615. The first-order chi connectivity index (χ1) is 33.3. The number of nitrogens with zero attached hydrogens (tertiary/aromatic N) is 3. The highest BCUT2D eigenvalue weighted by Crippen LogP contribution is 2.50. The molecule has 2 aliphatic rings. The highest BCUT2D eigenvalue weighted by molar-refractivity contribution is 5.92. The van der Waals surface area contributed by atoms with Gasteiger partial charge in [0.2, 0.25) is 0 Å². The Morgan fingerprint density at radius 2 is 0.868 bits per heavy atom. The molecule has 12 rings (SSSR count). The molecular weight excluding hydrogens is 823 g/mol. The van der Waals surface area contributed by atoms with Gasteiger partial charge in [0.05, 0.1) is 0 Å². The average Bonchev–Trinajstić information content (AvgIpc) is 3.62. The summed E-state index contributed by atoms with van der Waals surface area (Å²) in [5.74, 6) is 1.96. The lowest BCUT2D eigenvalue weighted by atomic mass is 9.80. The lowest BCUT2D eigenvalue weighted by Crippen LogP contribution is -2.23. The predicted molar refractivity (Wildman–Crippen MR) is 285 cm³/mol. The van der Waals surface area contributed by atoms with Gasteiger partial charge in [0.25, 0.3) is 0 Å². The minimum absolute atomic E-state index is 0.149. The van der Waals surface area contributed by atoms with Crippen molar-refractivity contribution in [1.82, 2.24) is 15.0 Å². The maximum atomic E-state index is 4.91. The van der Waals surface area contributed by atoms with Crippen molar-refractivity contribution in [2.45, 2.75) is 25.7 Å². The van der Waals surface area contributed by atoms with Gasteiger partial charge < -0.3 is 0 Å². The number of benzene rings is 9. The Morgan fingerprint density at radius 1 is 0.412 bits per heavy atom. The van der Waals surface area contributed by atoms with E-state index in [0.717, 1.165) is 44.7 Å². The molecule has 1 aromatic heterocycles. The molecule has 1 heterocycles. The van der Waals surface area contributed by atoms with Crippen molar-refractivity contribution in [1.29, 1.82) is 0 Å². The lowest BCUT2D eigenvalue weighted by molar-refractivity contribution is 0.660. The summed E-state index contributed by atoms with van der Waals surface area (Å²) in [6.07, 6.45) is 9.96. The van der Waals surface area contributed by atoms with Crippen molar-refractivity contribution in [3.05, 3.63) is 245 Å². The molecule has 0 saturated heterocycles. The van der Waals surface area contributed by atoms with Gasteiger partial charge in [0.1, 0.15) is 0 Å². The Morgan fingerprint density at radius 3 is 1.41 bits per heavy atom. The summed E-state index contributed by atoms with van der Waals surface area (Å²) in [4.78, 5) is 14.7. The second-order valence-electron chi connectivity index (χ2n) is 18.5. The van der Waals surface area contributed by atoms with Crippen molar-refractivity contribution >= 4 is 35.1 Å². The van der Waals surface area contributed by atoms with E-state index < -0.39 is 0 Å². The van der Waals surface area contributed by atoms with Crippen molar-refractivity contribution in [3.63, 3.8) is 0 Å². The molecule has 10 aromatic rings. The predicted octanol–water partition coefficient (Wildman–Crippen LogP) is 15.0. The molecule has 0 spiro atoms. The van der Waals surface area contributed by atoms with Gasteiger partial charge in [-0.15, -0.1) is 0 Å². The molecule has 0 fully saturated rings. The molecule has 3 heteroatoms. The first-order valence-electron chi connectivity index (χ1n) is 23.4. The van der Waals surface area contributed by atoms with E-state index in [1.807, 2.05) is 60.7 Å². The molecule has 322 valence electrons. The molecule has 68 heavy (non-hydrogen) atoms. The Labute approximate surface area is 397 Å². The Bertz CT molecular complexity index is 3690. The molecule has 0 unspecified atom stereocenters.